The van der Waals surface area contributed by atoms with Crippen LogP contribution in [0.25, 0.3) is 0 Å². The number of carbonyl (C=O) groups excluding carboxylic acids is 1. The minimum Gasteiger partial charge on any atom is -0.342 e. The highest BCUT2D eigenvalue weighted by molar-refractivity contribution is 9.09. The lowest BCUT2D eigenvalue weighted by Crippen LogP contribution is -2.31. The number of aromatic nitrogens is 2. The second-order valence-corrected chi connectivity index (χ2v) is 5.18. The maximum atomic E-state index is 13.0. The first-order chi connectivity index (χ1) is 9.61. The number of hydrogen-bond donors (Lipinski definition) is 1. The highest BCUT2D eigenvalue weighted by atomic mass is 79.9. The van der Waals surface area contributed by atoms with Crippen LogP contribution in [0.1, 0.15) is 23.9 Å². The second-order valence-electron chi connectivity index (χ2n) is 4.39. The number of aryl methyl sites for hydroxylation is 1. The molecule has 0 aliphatic rings. The zero-order valence-corrected chi connectivity index (χ0v) is 12.6. The van der Waals surface area contributed by atoms with Crippen LogP contribution < -0.4 is 5.32 Å². The standard InChI is InChI=1S/C14H15BrFN3O/c1-19-9-8-17-14(19)13(18-12(20)6-7-15)10-2-4-11(16)5-3-10/h2-5,8-9,13H,6-7H2,1H3,(H,18,20). The first kappa shape index (κ1) is 14.7. The van der Waals surface area contributed by atoms with E-state index in [4.69, 9.17) is 0 Å². The number of carbonyl (C=O) groups is 1. The van der Waals surface area contributed by atoms with E-state index in [2.05, 4.69) is 26.2 Å². The lowest BCUT2D eigenvalue weighted by Gasteiger charge is -2.19. The van der Waals surface area contributed by atoms with E-state index in [1.807, 2.05) is 17.8 Å². The Morgan fingerprint density at radius 1 is 1.45 bits per heavy atom. The van der Waals surface area contributed by atoms with Crippen LogP contribution in [0.5, 0.6) is 0 Å². The summed E-state index contributed by atoms with van der Waals surface area (Å²) >= 11 is 3.24. The van der Waals surface area contributed by atoms with E-state index in [9.17, 15) is 9.18 Å². The summed E-state index contributed by atoms with van der Waals surface area (Å²) in [6, 6.07) is 5.68. The lowest BCUT2D eigenvalue weighted by molar-refractivity contribution is -0.121. The molecule has 1 atom stereocenters. The van der Waals surface area contributed by atoms with Gasteiger partial charge in [0.25, 0.3) is 0 Å². The number of hydrogen-bond acceptors (Lipinski definition) is 2. The van der Waals surface area contributed by atoms with Crippen LogP contribution in [0.3, 0.4) is 0 Å². The van der Waals surface area contributed by atoms with Gasteiger partial charge in [-0.15, -0.1) is 0 Å². The summed E-state index contributed by atoms with van der Waals surface area (Å²) in [6.45, 7) is 0. The Hall–Kier alpha value is -1.69. The molecule has 0 radical (unpaired) electrons. The third kappa shape index (κ3) is 3.45. The zero-order chi connectivity index (χ0) is 14.5. The minimum atomic E-state index is -0.387. The molecule has 2 aromatic rings. The predicted molar refractivity (Wildman–Crippen MR) is 78.0 cm³/mol. The molecule has 1 amide bonds. The lowest BCUT2D eigenvalue weighted by atomic mass is 10.1. The van der Waals surface area contributed by atoms with E-state index in [1.165, 1.54) is 12.1 Å². The number of halogens is 2. The molecule has 1 heterocycles. The molecule has 1 aromatic carbocycles. The van der Waals surface area contributed by atoms with Crippen molar-refractivity contribution in [2.75, 3.05) is 5.33 Å². The van der Waals surface area contributed by atoms with Crippen LogP contribution in [0.4, 0.5) is 4.39 Å². The van der Waals surface area contributed by atoms with Crippen LogP contribution in [-0.4, -0.2) is 20.8 Å². The monoisotopic (exact) mass is 339 g/mol. The molecule has 4 nitrogen and oxygen atoms in total. The number of imidazole rings is 1. The Kier molecular flexibility index (Phi) is 4.89. The van der Waals surface area contributed by atoms with Gasteiger partial charge in [-0.05, 0) is 17.7 Å². The van der Waals surface area contributed by atoms with Crippen molar-refractivity contribution in [3.63, 3.8) is 0 Å². The van der Waals surface area contributed by atoms with Crippen molar-refractivity contribution in [3.05, 3.63) is 53.9 Å². The molecule has 1 N–H and O–H groups in total. The van der Waals surface area contributed by atoms with Gasteiger partial charge in [-0.1, -0.05) is 28.1 Å². The molecular formula is C14H15BrFN3O. The summed E-state index contributed by atoms with van der Waals surface area (Å²) < 4.78 is 14.9. The van der Waals surface area contributed by atoms with Crippen LogP contribution in [0.15, 0.2) is 36.7 Å². The second kappa shape index (κ2) is 6.65. The van der Waals surface area contributed by atoms with Crippen molar-refractivity contribution in [2.45, 2.75) is 12.5 Å². The molecule has 0 aliphatic carbocycles. The summed E-state index contributed by atoms with van der Waals surface area (Å²) in [4.78, 5) is 16.1. The van der Waals surface area contributed by atoms with E-state index >= 15 is 0 Å². The first-order valence-corrected chi connectivity index (χ1v) is 7.32. The number of benzene rings is 1. The van der Waals surface area contributed by atoms with Gasteiger partial charge in [0.15, 0.2) is 0 Å². The van der Waals surface area contributed by atoms with E-state index in [0.29, 0.717) is 17.6 Å². The van der Waals surface area contributed by atoms with Crippen LogP contribution in [0.2, 0.25) is 0 Å². The Bertz CT molecular complexity index is 582. The molecular weight excluding hydrogens is 325 g/mol. The van der Waals surface area contributed by atoms with Gasteiger partial charge in [0, 0.05) is 31.2 Å². The topological polar surface area (TPSA) is 46.9 Å². The number of nitrogens with zero attached hydrogens (tertiary/aromatic N) is 2. The summed E-state index contributed by atoms with van der Waals surface area (Å²) in [5.41, 5.74) is 0.795. The molecule has 0 spiro atoms. The Morgan fingerprint density at radius 2 is 2.15 bits per heavy atom. The van der Waals surface area contributed by atoms with Crippen LogP contribution >= 0.6 is 15.9 Å². The molecule has 20 heavy (non-hydrogen) atoms. The highest BCUT2D eigenvalue weighted by Gasteiger charge is 2.20. The van der Waals surface area contributed by atoms with Crippen molar-refractivity contribution < 1.29 is 9.18 Å². The molecule has 0 fully saturated rings. The molecule has 0 saturated carbocycles. The molecule has 1 unspecified atom stereocenters. The molecule has 0 saturated heterocycles. The van der Waals surface area contributed by atoms with E-state index in [-0.39, 0.29) is 17.8 Å². The molecule has 106 valence electrons. The minimum absolute atomic E-state index is 0.0841. The van der Waals surface area contributed by atoms with Gasteiger partial charge in [0.2, 0.25) is 5.91 Å². The summed E-state index contributed by atoms with van der Waals surface area (Å²) in [5, 5.41) is 3.51. The third-order valence-corrected chi connectivity index (χ3v) is 3.34. The average molecular weight is 340 g/mol. The average Bonchev–Trinajstić information content (AvgIpc) is 2.84. The van der Waals surface area contributed by atoms with Gasteiger partial charge < -0.3 is 9.88 Å². The van der Waals surface area contributed by atoms with Gasteiger partial charge in [0.05, 0.1) is 0 Å². The Morgan fingerprint density at radius 3 is 2.70 bits per heavy atom. The maximum absolute atomic E-state index is 13.0. The number of rotatable bonds is 5. The van der Waals surface area contributed by atoms with E-state index in [1.54, 1.807) is 18.3 Å². The SMILES string of the molecule is Cn1ccnc1C(NC(=O)CCBr)c1ccc(F)cc1. The maximum Gasteiger partial charge on any atom is 0.221 e. The highest BCUT2D eigenvalue weighted by Crippen LogP contribution is 2.21. The normalized spacial score (nSPS) is 12.2. The van der Waals surface area contributed by atoms with Crippen molar-refractivity contribution >= 4 is 21.8 Å². The van der Waals surface area contributed by atoms with Crippen molar-refractivity contribution in [2.24, 2.45) is 7.05 Å². The smallest absolute Gasteiger partial charge is 0.221 e. The fourth-order valence-electron chi connectivity index (χ4n) is 1.93. The van der Waals surface area contributed by atoms with Crippen molar-refractivity contribution in [3.8, 4) is 0 Å². The summed E-state index contributed by atoms with van der Waals surface area (Å²) in [7, 11) is 1.86. The molecule has 1 aromatic heterocycles. The Labute approximate surface area is 125 Å². The van der Waals surface area contributed by atoms with Gasteiger partial charge in [0.1, 0.15) is 17.7 Å². The van der Waals surface area contributed by atoms with E-state index < -0.39 is 0 Å². The quantitative estimate of drug-likeness (QED) is 0.851. The van der Waals surface area contributed by atoms with Crippen LogP contribution in [0, 0.1) is 5.82 Å². The van der Waals surface area contributed by atoms with Gasteiger partial charge in [-0.2, -0.15) is 0 Å². The molecule has 6 heteroatoms. The molecule has 2 rings (SSSR count). The zero-order valence-electron chi connectivity index (χ0n) is 11.0. The van der Waals surface area contributed by atoms with Crippen molar-refractivity contribution in [1.82, 2.24) is 14.9 Å². The Balaban J connectivity index is 2.31. The summed E-state index contributed by atoms with van der Waals surface area (Å²) in [6.07, 6.45) is 3.85. The largest absolute Gasteiger partial charge is 0.342 e. The number of alkyl halides is 1. The van der Waals surface area contributed by atoms with Gasteiger partial charge in [-0.3, -0.25) is 4.79 Å². The third-order valence-electron chi connectivity index (χ3n) is 2.95. The molecule has 0 bridgehead atoms. The predicted octanol–water partition coefficient (Wildman–Crippen LogP) is 2.55. The number of amides is 1. The van der Waals surface area contributed by atoms with Gasteiger partial charge >= 0.3 is 0 Å². The van der Waals surface area contributed by atoms with Crippen LogP contribution in [-0.2, 0) is 11.8 Å². The summed E-state index contributed by atoms with van der Waals surface area (Å²) in [5.74, 6) is 0.317. The number of nitrogens with one attached hydrogen (secondary N) is 1. The molecule has 0 aliphatic heterocycles. The van der Waals surface area contributed by atoms with Crippen molar-refractivity contribution in [1.29, 1.82) is 0 Å². The van der Waals surface area contributed by atoms with E-state index in [0.717, 1.165) is 5.56 Å². The van der Waals surface area contributed by atoms with Gasteiger partial charge in [-0.25, -0.2) is 9.37 Å². The first-order valence-electron chi connectivity index (χ1n) is 6.20. The fraction of sp³-hybridized carbons (Fsp3) is 0.286. The fourth-order valence-corrected chi connectivity index (χ4v) is 2.29.